The summed E-state index contributed by atoms with van der Waals surface area (Å²) >= 11 is 1.37. The van der Waals surface area contributed by atoms with Crippen molar-refractivity contribution in [2.24, 2.45) is 0 Å². The van der Waals surface area contributed by atoms with E-state index < -0.39 is 0 Å². The molecule has 1 aromatic rings. The highest BCUT2D eigenvalue weighted by atomic mass is 32.1. The first-order chi connectivity index (χ1) is 5.77. The highest BCUT2D eigenvalue weighted by Gasteiger charge is 2.06. The van der Waals surface area contributed by atoms with Crippen LogP contribution in [0.1, 0.15) is 25.1 Å². The van der Waals surface area contributed by atoms with E-state index in [0.717, 1.165) is 12.2 Å². The van der Waals surface area contributed by atoms with E-state index in [-0.39, 0.29) is 0 Å². The molecule has 64 valence electrons. The van der Waals surface area contributed by atoms with Crippen molar-refractivity contribution in [2.45, 2.75) is 26.3 Å². The zero-order valence-electron chi connectivity index (χ0n) is 7.16. The van der Waals surface area contributed by atoms with Crippen molar-refractivity contribution >= 4 is 17.2 Å². The summed E-state index contributed by atoms with van der Waals surface area (Å²) in [5.41, 5.74) is 1.68. The Balaban J connectivity index is 2.69. The van der Waals surface area contributed by atoms with Crippen molar-refractivity contribution < 1.29 is 0 Å². The highest BCUT2D eigenvalue weighted by Crippen LogP contribution is 2.17. The number of hydrogen-bond donors (Lipinski definition) is 1. The van der Waals surface area contributed by atoms with Gasteiger partial charge in [0.1, 0.15) is 10.9 Å². The molecule has 0 spiro atoms. The van der Waals surface area contributed by atoms with E-state index in [4.69, 9.17) is 5.26 Å². The molecule has 1 N–H and O–H groups in total. The standard InChI is InChI=1S/C8H11N3S/c1-3-6(2)11-8-7(4-9)12-5-10-8/h5-6,11H,3H2,1-2H3. The molecule has 0 radical (unpaired) electrons. The lowest BCUT2D eigenvalue weighted by molar-refractivity contribution is 0.760. The smallest absolute Gasteiger partial charge is 0.155 e. The summed E-state index contributed by atoms with van der Waals surface area (Å²) in [6.45, 7) is 4.16. The molecule has 0 amide bonds. The minimum atomic E-state index is 0.374. The molecule has 0 aliphatic heterocycles. The summed E-state index contributed by atoms with van der Waals surface area (Å²) < 4.78 is 0. The number of nitrogens with one attached hydrogen (secondary N) is 1. The van der Waals surface area contributed by atoms with Gasteiger partial charge in [-0.2, -0.15) is 5.26 Å². The Labute approximate surface area is 76.1 Å². The highest BCUT2D eigenvalue weighted by molar-refractivity contribution is 7.10. The molecule has 1 rings (SSSR count). The lowest BCUT2D eigenvalue weighted by Crippen LogP contribution is -2.14. The van der Waals surface area contributed by atoms with Crippen LogP contribution in [-0.4, -0.2) is 11.0 Å². The van der Waals surface area contributed by atoms with Crippen LogP contribution < -0.4 is 5.32 Å². The summed E-state index contributed by atoms with van der Waals surface area (Å²) in [5.74, 6) is 0.719. The van der Waals surface area contributed by atoms with Gasteiger partial charge in [-0.25, -0.2) is 4.98 Å². The molecule has 0 aliphatic carbocycles. The van der Waals surface area contributed by atoms with Crippen LogP contribution in [0.5, 0.6) is 0 Å². The van der Waals surface area contributed by atoms with E-state index >= 15 is 0 Å². The lowest BCUT2D eigenvalue weighted by atomic mass is 10.2. The number of anilines is 1. The van der Waals surface area contributed by atoms with Crippen molar-refractivity contribution in [3.05, 3.63) is 10.4 Å². The summed E-state index contributed by atoms with van der Waals surface area (Å²) in [6.07, 6.45) is 1.03. The van der Waals surface area contributed by atoms with E-state index in [0.29, 0.717) is 10.9 Å². The van der Waals surface area contributed by atoms with Gasteiger partial charge >= 0.3 is 0 Å². The Kier molecular flexibility index (Phi) is 3.06. The second kappa shape index (κ2) is 4.07. The SMILES string of the molecule is CCC(C)Nc1ncsc1C#N. The van der Waals surface area contributed by atoms with Gasteiger partial charge in [0.15, 0.2) is 5.82 Å². The van der Waals surface area contributed by atoms with Crippen LogP contribution >= 0.6 is 11.3 Å². The number of rotatable bonds is 3. The predicted molar refractivity (Wildman–Crippen MR) is 50.2 cm³/mol. The fourth-order valence-corrected chi connectivity index (χ4v) is 1.30. The summed E-state index contributed by atoms with van der Waals surface area (Å²) in [6, 6.07) is 2.47. The fraction of sp³-hybridized carbons (Fsp3) is 0.500. The van der Waals surface area contributed by atoms with E-state index in [2.05, 4.69) is 30.2 Å². The minimum absolute atomic E-state index is 0.374. The minimum Gasteiger partial charge on any atom is -0.366 e. The predicted octanol–water partition coefficient (Wildman–Crippen LogP) is 2.23. The maximum Gasteiger partial charge on any atom is 0.155 e. The summed E-state index contributed by atoms with van der Waals surface area (Å²) in [7, 11) is 0. The topological polar surface area (TPSA) is 48.7 Å². The van der Waals surface area contributed by atoms with Crippen LogP contribution in [0.3, 0.4) is 0 Å². The number of nitriles is 1. The Morgan fingerprint density at radius 3 is 3.17 bits per heavy atom. The van der Waals surface area contributed by atoms with Crippen LogP contribution in [0.25, 0.3) is 0 Å². The zero-order chi connectivity index (χ0) is 8.97. The lowest BCUT2D eigenvalue weighted by Gasteiger charge is -2.09. The molecule has 1 atom stereocenters. The van der Waals surface area contributed by atoms with Crippen molar-refractivity contribution in [1.29, 1.82) is 5.26 Å². The van der Waals surface area contributed by atoms with Gasteiger partial charge in [0, 0.05) is 6.04 Å². The molecule has 0 saturated carbocycles. The van der Waals surface area contributed by atoms with Crippen molar-refractivity contribution in [3.63, 3.8) is 0 Å². The van der Waals surface area contributed by atoms with Gasteiger partial charge in [-0.05, 0) is 13.3 Å². The fourth-order valence-electron chi connectivity index (χ4n) is 0.764. The van der Waals surface area contributed by atoms with Crippen molar-refractivity contribution in [1.82, 2.24) is 4.98 Å². The second-order valence-electron chi connectivity index (χ2n) is 2.60. The molecule has 0 aliphatic rings. The molecule has 0 aromatic carbocycles. The summed E-state index contributed by atoms with van der Waals surface area (Å²) in [5, 5.41) is 11.8. The molecule has 4 heteroatoms. The van der Waals surface area contributed by atoms with Crippen molar-refractivity contribution in [2.75, 3.05) is 5.32 Å². The van der Waals surface area contributed by atoms with E-state index in [1.54, 1.807) is 5.51 Å². The Bertz CT molecular complexity index is 287. The average Bonchev–Trinajstić information content (AvgIpc) is 2.51. The first kappa shape index (κ1) is 9.01. The molecule has 3 nitrogen and oxygen atoms in total. The molecule has 0 saturated heterocycles. The largest absolute Gasteiger partial charge is 0.366 e. The van der Waals surface area contributed by atoms with Gasteiger partial charge in [0.2, 0.25) is 0 Å². The normalized spacial score (nSPS) is 12.1. The van der Waals surface area contributed by atoms with Crippen LogP contribution in [-0.2, 0) is 0 Å². The number of hydrogen-bond acceptors (Lipinski definition) is 4. The van der Waals surface area contributed by atoms with Crippen LogP contribution in [0, 0.1) is 11.3 Å². The average molecular weight is 181 g/mol. The first-order valence-corrected chi connectivity index (χ1v) is 4.76. The summed E-state index contributed by atoms with van der Waals surface area (Å²) in [4.78, 5) is 4.72. The third-order valence-electron chi connectivity index (χ3n) is 1.66. The third kappa shape index (κ3) is 1.95. The van der Waals surface area contributed by atoms with Gasteiger partial charge in [-0.3, -0.25) is 0 Å². The van der Waals surface area contributed by atoms with Crippen LogP contribution in [0.15, 0.2) is 5.51 Å². The van der Waals surface area contributed by atoms with Gasteiger partial charge in [0.25, 0.3) is 0 Å². The zero-order valence-corrected chi connectivity index (χ0v) is 7.98. The monoisotopic (exact) mass is 181 g/mol. The quantitative estimate of drug-likeness (QED) is 0.777. The maximum atomic E-state index is 8.67. The van der Waals surface area contributed by atoms with Crippen LogP contribution in [0.4, 0.5) is 5.82 Å². The second-order valence-corrected chi connectivity index (χ2v) is 3.45. The van der Waals surface area contributed by atoms with Gasteiger partial charge < -0.3 is 5.32 Å². The number of aromatic nitrogens is 1. The molecule has 1 aromatic heterocycles. The van der Waals surface area contributed by atoms with E-state index in [1.165, 1.54) is 11.3 Å². The van der Waals surface area contributed by atoms with Gasteiger partial charge in [0.05, 0.1) is 5.51 Å². The first-order valence-electron chi connectivity index (χ1n) is 3.88. The number of thiazole rings is 1. The van der Waals surface area contributed by atoms with E-state index in [9.17, 15) is 0 Å². The van der Waals surface area contributed by atoms with E-state index in [1.807, 2.05) is 0 Å². The molecule has 0 fully saturated rings. The molecule has 12 heavy (non-hydrogen) atoms. The molecular weight excluding hydrogens is 170 g/mol. The number of nitrogens with zero attached hydrogens (tertiary/aromatic N) is 2. The maximum absolute atomic E-state index is 8.67. The van der Waals surface area contributed by atoms with Gasteiger partial charge in [-0.1, -0.05) is 6.92 Å². The Morgan fingerprint density at radius 2 is 2.58 bits per heavy atom. The molecule has 1 heterocycles. The molecule has 0 bridgehead atoms. The molecule has 1 unspecified atom stereocenters. The van der Waals surface area contributed by atoms with Crippen molar-refractivity contribution in [3.8, 4) is 6.07 Å². The Hall–Kier alpha value is -1.08. The molecular formula is C8H11N3S. The van der Waals surface area contributed by atoms with Crippen LogP contribution in [0.2, 0.25) is 0 Å². The van der Waals surface area contributed by atoms with Gasteiger partial charge in [-0.15, -0.1) is 11.3 Å². The Morgan fingerprint density at radius 1 is 1.83 bits per heavy atom. The third-order valence-corrected chi connectivity index (χ3v) is 2.40.